The summed E-state index contributed by atoms with van der Waals surface area (Å²) in [5.41, 5.74) is 8.57. The number of aromatic nitrogens is 1. The van der Waals surface area contributed by atoms with Gasteiger partial charge < -0.3 is 10.3 Å². The standard InChI is InChI=1S/C18H15FN2O/c19-15-10-13(6-7-14(15)12-4-2-1-3-5-12)18(8-9-18)16-11-17(20)22-21-16/h1-7,10-11H,8-9,20H2. The van der Waals surface area contributed by atoms with Gasteiger partial charge in [-0.25, -0.2) is 4.39 Å². The fraction of sp³-hybridized carbons (Fsp3) is 0.167. The van der Waals surface area contributed by atoms with Gasteiger partial charge in [-0.1, -0.05) is 47.6 Å². The maximum Gasteiger partial charge on any atom is 0.222 e. The number of nitrogen functional groups attached to an aromatic ring is 1. The van der Waals surface area contributed by atoms with Crippen LogP contribution in [0, 0.1) is 5.82 Å². The highest BCUT2D eigenvalue weighted by molar-refractivity contribution is 5.65. The Morgan fingerprint density at radius 2 is 1.82 bits per heavy atom. The number of nitrogens with two attached hydrogens (primary N) is 1. The second-order valence-corrected chi connectivity index (χ2v) is 5.76. The molecule has 1 heterocycles. The Bertz CT molecular complexity index is 822. The molecule has 0 radical (unpaired) electrons. The van der Waals surface area contributed by atoms with Crippen LogP contribution in [0.2, 0.25) is 0 Å². The molecule has 0 aliphatic heterocycles. The molecule has 1 aromatic heterocycles. The lowest BCUT2D eigenvalue weighted by Gasteiger charge is -2.14. The first-order chi connectivity index (χ1) is 10.7. The third kappa shape index (κ3) is 1.99. The van der Waals surface area contributed by atoms with Gasteiger partial charge in [0.1, 0.15) is 5.82 Å². The lowest BCUT2D eigenvalue weighted by Crippen LogP contribution is -2.09. The third-order valence-corrected chi connectivity index (χ3v) is 4.38. The van der Waals surface area contributed by atoms with Crippen LogP contribution in [0.4, 0.5) is 10.3 Å². The molecule has 3 aromatic rings. The maximum atomic E-state index is 14.5. The van der Waals surface area contributed by atoms with Gasteiger partial charge in [-0.15, -0.1) is 0 Å². The van der Waals surface area contributed by atoms with Crippen molar-refractivity contribution < 1.29 is 8.91 Å². The molecule has 110 valence electrons. The number of hydrogen-bond acceptors (Lipinski definition) is 3. The molecule has 1 aliphatic rings. The first-order valence-corrected chi connectivity index (χ1v) is 7.27. The zero-order chi connectivity index (χ0) is 15.2. The topological polar surface area (TPSA) is 52.0 Å². The van der Waals surface area contributed by atoms with Crippen LogP contribution in [-0.2, 0) is 5.41 Å². The minimum atomic E-state index is -0.239. The number of rotatable bonds is 3. The Morgan fingerprint density at radius 3 is 2.41 bits per heavy atom. The minimum Gasteiger partial charge on any atom is -0.368 e. The van der Waals surface area contributed by atoms with Gasteiger partial charge in [0.05, 0.1) is 5.69 Å². The summed E-state index contributed by atoms with van der Waals surface area (Å²) in [7, 11) is 0. The summed E-state index contributed by atoms with van der Waals surface area (Å²) in [6, 6.07) is 16.7. The second kappa shape index (κ2) is 4.70. The Morgan fingerprint density at radius 1 is 1.05 bits per heavy atom. The maximum absolute atomic E-state index is 14.5. The van der Waals surface area contributed by atoms with Crippen molar-refractivity contribution >= 4 is 5.88 Å². The van der Waals surface area contributed by atoms with Gasteiger partial charge in [0.25, 0.3) is 0 Å². The molecule has 2 aromatic carbocycles. The van der Waals surface area contributed by atoms with E-state index in [1.807, 2.05) is 42.5 Å². The van der Waals surface area contributed by atoms with E-state index in [0.29, 0.717) is 11.4 Å². The molecule has 2 N–H and O–H groups in total. The first-order valence-electron chi connectivity index (χ1n) is 7.27. The van der Waals surface area contributed by atoms with Gasteiger partial charge in [0, 0.05) is 17.0 Å². The van der Waals surface area contributed by atoms with E-state index in [1.165, 1.54) is 0 Å². The molecule has 22 heavy (non-hydrogen) atoms. The monoisotopic (exact) mass is 294 g/mol. The number of benzene rings is 2. The average molecular weight is 294 g/mol. The van der Waals surface area contributed by atoms with Crippen LogP contribution < -0.4 is 5.73 Å². The highest BCUT2D eigenvalue weighted by Gasteiger charge is 2.48. The van der Waals surface area contributed by atoms with Crippen LogP contribution >= 0.6 is 0 Å². The van der Waals surface area contributed by atoms with Crippen molar-refractivity contribution in [2.45, 2.75) is 18.3 Å². The molecule has 0 bridgehead atoms. The van der Waals surface area contributed by atoms with Crippen LogP contribution in [0.1, 0.15) is 24.1 Å². The lowest BCUT2D eigenvalue weighted by molar-refractivity contribution is 0.422. The predicted molar refractivity (Wildman–Crippen MR) is 82.8 cm³/mol. The number of nitrogens with zero attached hydrogens (tertiary/aromatic N) is 1. The smallest absolute Gasteiger partial charge is 0.222 e. The fourth-order valence-electron chi connectivity index (χ4n) is 3.00. The number of hydrogen-bond donors (Lipinski definition) is 1. The van der Waals surface area contributed by atoms with Crippen LogP contribution in [0.5, 0.6) is 0 Å². The number of halogens is 1. The summed E-state index contributed by atoms with van der Waals surface area (Å²) in [6.45, 7) is 0. The highest BCUT2D eigenvalue weighted by Crippen LogP contribution is 2.53. The van der Waals surface area contributed by atoms with Gasteiger partial charge in [0.2, 0.25) is 5.88 Å². The SMILES string of the molecule is Nc1cc(C2(c3ccc(-c4ccccc4)c(F)c3)CC2)no1. The van der Waals surface area contributed by atoms with E-state index in [2.05, 4.69) is 5.16 Å². The van der Waals surface area contributed by atoms with Crippen molar-refractivity contribution in [3.8, 4) is 11.1 Å². The van der Waals surface area contributed by atoms with Crippen molar-refractivity contribution in [3.05, 3.63) is 71.7 Å². The van der Waals surface area contributed by atoms with Crippen LogP contribution in [-0.4, -0.2) is 5.16 Å². The molecule has 0 amide bonds. The van der Waals surface area contributed by atoms with Gasteiger partial charge in [-0.3, -0.25) is 0 Å². The van der Waals surface area contributed by atoms with Crippen molar-refractivity contribution in [2.75, 3.05) is 5.73 Å². The summed E-state index contributed by atoms with van der Waals surface area (Å²) in [6.07, 6.45) is 1.87. The molecule has 0 atom stereocenters. The van der Waals surface area contributed by atoms with Crippen LogP contribution in [0.15, 0.2) is 59.1 Å². The molecule has 0 unspecified atom stereocenters. The van der Waals surface area contributed by atoms with Crippen molar-refractivity contribution in [1.29, 1.82) is 0 Å². The van der Waals surface area contributed by atoms with Gasteiger partial charge in [-0.05, 0) is 30.0 Å². The highest BCUT2D eigenvalue weighted by atomic mass is 19.1. The Hall–Kier alpha value is -2.62. The molecule has 0 spiro atoms. The van der Waals surface area contributed by atoms with E-state index in [1.54, 1.807) is 12.1 Å². The van der Waals surface area contributed by atoms with Crippen molar-refractivity contribution in [2.24, 2.45) is 0 Å². The summed E-state index contributed by atoms with van der Waals surface area (Å²) in [5.74, 6) is 0.0779. The average Bonchev–Trinajstić information content (AvgIpc) is 3.24. The zero-order valence-electron chi connectivity index (χ0n) is 11.9. The van der Waals surface area contributed by atoms with E-state index in [4.69, 9.17) is 10.3 Å². The predicted octanol–water partition coefficient (Wildman–Crippen LogP) is 4.14. The van der Waals surface area contributed by atoms with Gasteiger partial charge >= 0.3 is 0 Å². The lowest BCUT2D eigenvalue weighted by atomic mass is 9.90. The van der Waals surface area contributed by atoms with Gasteiger partial charge in [0.15, 0.2) is 0 Å². The second-order valence-electron chi connectivity index (χ2n) is 5.76. The van der Waals surface area contributed by atoms with E-state index < -0.39 is 0 Å². The molecule has 1 saturated carbocycles. The van der Waals surface area contributed by atoms with Crippen LogP contribution in [0.25, 0.3) is 11.1 Å². The van der Waals surface area contributed by atoms with E-state index in [0.717, 1.165) is 29.7 Å². The Kier molecular flexibility index (Phi) is 2.79. The van der Waals surface area contributed by atoms with Gasteiger partial charge in [-0.2, -0.15) is 0 Å². The Labute approximate surface area is 127 Å². The molecule has 0 saturated heterocycles. The first kappa shape index (κ1) is 13.1. The molecular weight excluding hydrogens is 279 g/mol. The summed E-state index contributed by atoms with van der Waals surface area (Å²) in [5, 5.41) is 4.01. The largest absolute Gasteiger partial charge is 0.368 e. The van der Waals surface area contributed by atoms with Crippen molar-refractivity contribution in [3.63, 3.8) is 0 Å². The quantitative estimate of drug-likeness (QED) is 0.789. The third-order valence-electron chi connectivity index (χ3n) is 4.38. The molecular formula is C18H15FN2O. The summed E-state index contributed by atoms with van der Waals surface area (Å²) >= 11 is 0. The normalized spacial score (nSPS) is 15.7. The zero-order valence-corrected chi connectivity index (χ0v) is 11.9. The Balaban J connectivity index is 1.75. The molecule has 1 fully saturated rings. The molecule has 1 aliphatic carbocycles. The summed E-state index contributed by atoms with van der Waals surface area (Å²) < 4.78 is 19.5. The fourth-order valence-corrected chi connectivity index (χ4v) is 3.00. The van der Waals surface area contributed by atoms with E-state index in [9.17, 15) is 4.39 Å². The van der Waals surface area contributed by atoms with E-state index >= 15 is 0 Å². The summed E-state index contributed by atoms with van der Waals surface area (Å²) in [4.78, 5) is 0. The molecule has 3 nitrogen and oxygen atoms in total. The molecule has 4 rings (SSSR count). The van der Waals surface area contributed by atoms with E-state index in [-0.39, 0.29) is 11.2 Å². The molecule has 4 heteroatoms. The van der Waals surface area contributed by atoms with Crippen molar-refractivity contribution in [1.82, 2.24) is 5.16 Å². The van der Waals surface area contributed by atoms with Crippen LogP contribution in [0.3, 0.4) is 0 Å². The minimum absolute atomic E-state index is 0.216. The number of anilines is 1.